The second kappa shape index (κ2) is 8.28. The SMILES string of the molecule is CCCCC(CCC)(CCC)CCO. The highest BCUT2D eigenvalue weighted by Gasteiger charge is 2.26. The van der Waals surface area contributed by atoms with Gasteiger partial charge < -0.3 is 5.11 Å². The van der Waals surface area contributed by atoms with Gasteiger partial charge in [0.05, 0.1) is 0 Å². The van der Waals surface area contributed by atoms with Crippen LogP contribution in [0.5, 0.6) is 0 Å². The summed E-state index contributed by atoms with van der Waals surface area (Å²) in [7, 11) is 0. The Morgan fingerprint density at radius 1 is 0.786 bits per heavy atom. The van der Waals surface area contributed by atoms with Gasteiger partial charge in [0.1, 0.15) is 0 Å². The Kier molecular flexibility index (Phi) is 8.26. The smallest absolute Gasteiger partial charge is 0.0436 e. The Balaban J connectivity index is 4.21. The molecule has 0 aromatic heterocycles. The standard InChI is InChI=1S/C13H28O/c1-4-7-10-13(8-5-2,9-6-3)11-12-14/h14H,4-12H2,1-3H3. The number of unbranched alkanes of at least 4 members (excludes halogenated alkanes) is 1. The molecule has 0 aliphatic heterocycles. The molecule has 86 valence electrons. The molecule has 0 atom stereocenters. The van der Waals surface area contributed by atoms with Crippen LogP contribution in [0, 0.1) is 5.41 Å². The zero-order valence-corrected chi connectivity index (χ0v) is 10.3. The van der Waals surface area contributed by atoms with Crippen LogP contribution < -0.4 is 0 Å². The first kappa shape index (κ1) is 14.0. The molecule has 1 N–H and O–H groups in total. The van der Waals surface area contributed by atoms with E-state index in [1.807, 2.05) is 0 Å². The Morgan fingerprint density at radius 2 is 1.36 bits per heavy atom. The lowest BCUT2D eigenvalue weighted by Gasteiger charge is -2.33. The molecule has 1 nitrogen and oxygen atoms in total. The minimum absolute atomic E-state index is 0.365. The van der Waals surface area contributed by atoms with Crippen LogP contribution >= 0.6 is 0 Å². The van der Waals surface area contributed by atoms with Gasteiger partial charge in [-0.2, -0.15) is 0 Å². The molecular formula is C13H28O. The minimum atomic E-state index is 0.365. The van der Waals surface area contributed by atoms with Crippen molar-refractivity contribution in [2.24, 2.45) is 5.41 Å². The average Bonchev–Trinajstić information content (AvgIpc) is 2.16. The normalized spacial score (nSPS) is 12.0. The van der Waals surface area contributed by atoms with Crippen molar-refractivity contribution >= 4 is 0 Å². The summed E-state index contributed by atoms with van der Waals surface area (Å²) in [5.41, 5.74) is 0.453. The van der Waals surface area contributed by atoms with E-state index in [-0.39, 0.29) is 0 Å². The summed E-state index contributed by atoms with van der Waals surface area (Å²) in [6.07, 6.45) is 10.0. The number of aliphatic hydroxyl groups is 1. The first-order valence-electron chi connectivity index (χ1n) is 6.35. The minimum Gasteiger partial charge on any atom is -0.396 e. The summed E-state index contributed by atoms with van der Waals surface area (Å²) < 4.78 is 0. The molecule has 0 spiro atoms. The lowest BCUT2D eigenvalue weighted by molar-refractivity contribution is 0.139. The van der Waals surface area contributed by atoms with Crippen LogP contribution in [-0.4, -0.2) is 11.7 Å². The molecule has 0 aliphatic carbocycles. The van der Waals surface area contributed by atoms with Crippen molar-refractivity contribution in [1.29, 1.82) is 0 Å². The third-order valence-corrected chi connectivity index (χ3v) is 3.26. The number of hydrogen-bond donors (Lipinski definition) is 1. The van der Waals surface area contributed by atoms with Crippen LogP contribution in [0.1, 0.15) is 72.1 Å². The lowest BCUT2D eigenvalue weighted by atomic mass is 9.73. The van der Waals surface area contributed by atoms with Crippen LogP contribution in [0.3, 0.4) is 0 Å². The van der Waals surface area contributed by atoms with Gasteiger partial charge in [-0.25, -0.2) is 0 Å². The van der Waals surface area contributed by atoms with Crippen molar-refractivity contribution in [2.75, 3.05) is 6.61 Å². The highest BCUT2D eigenvalue weighted by atomic mass is 16.3. The van der Waals surface area contributed by atoms with Crippen LogP contribution in [0.25, 0.3) is 0 Å². The maximum absolute atomic E-state index is 9.15. The van der Waals surface area contributed by atoms with E-state index in [0.717, 1.165) is 6.42 Å². The number of aliphatic hydroxyl groups excluding tert-OH is 1. The van der Waals surface area contributed by atoms with Gasteiger partial charge in [-0.1, -0.05) is 46.5 Å². The molecule has 0 radical (unpaired) electrons. The topological polar surface area (TPSA) is 20.2 Å². The van der Waals surface area contributed by atoms with Crippen molar-refractivity contribution < 1.29 is 5.11 Å². The van der Waals surface area contributed by atoms with Gasteiger partial charge in [-0.05, 0) is 31.1 Å². The molecule has 0 amide bonds. The van der Waals surface area contributed by atoms with E-state index in [1.165, 1.54) is 44.9 Å². The second-order valence-corrected chi connectivity index (χ2v) is 4.58. The molecule has 0 unspecified atom stereocenters. The molecular weight excluding hydrogens is 172 g/mol. The Hall–Kier alpha value is -0.0400. The first-order chi connectivity index (χ1) is 6.74. The van der Waals surface area contributed by atoms with E-state index in [0.29, 0.717) is 12.0 Å². The lowest BCUT2D eigenvalue weighted by Crippen LogP contribution is -2.22. The quantitative estimate of drug-likeness (QED) is 0.593. The van der Waals surface area contributed by atoms with Crippen molar-refractivity contribution in [1.82, 2.24) is 0 Å². The third-order valence-electron chi connectivity index (χ3n) is 3.26. The zero-order chi connectivity index (χ0) is 10.9. The molecule has 0 heterocycles. The average molecular weight is 200 g/mol. The number of hydrogen-bond acceptors (Lipinski definition) is 1. The summed E-state index contributed by atoms with van der Waals surface area (Å²) >= 11 is 0. The zero-order valence-electron chi connectivity index (χ0n) is 10.3. The van der Waals surface area contributed by atoms with Gasteiger partial charge in [0.15, 0.2) is 0 Å². The van der Waals surface area contributed by atoms with E-state index in [1.54, 1.807) is 0 Å². The predicted molar refractivity (Wildman–Crippen MR) is 63.5 cm³/mol. The highest BCUT2D eigenvalue weighted by Crippen LogP contribution is 2.38. The Bertz CT molecular complexity index is 103. The number of rotatable bonds is 9. The van der Waals surface area contributed by atoms with Crippen molar-refractivity contribution in [3.8, 4) is 0 Å². The van der Waals surface area contributed by atoms with E-state index in [4.69, 9.17) is 5.11 Å². The third kappa shape index (κ3) is 4.99. The Labute approximate surface area is 89.9 Å². The molecule has 1 heteroatoms. The summed E-state index contributed by atoms with van der Waals surface area (Å²) in [5, 5.41) is 9.15. The van der Waals surface area contributed by atoms with Crippen LogP contribution in [0.2, 0.25) is 0 Å². The van der Waals surface area contributed by atoms with Gasteiger partial charge in [0.25, 0.3) is 0 Å². The van der Waals surface area contributed by atoms with Gasteiger partial charge in [0.2, 0.25) is 0 Å². The fourth-order valence-corrected chi connectivity index (χ4v) is 2.60. The van der Waals surface area contributed by atoms with E-state index in [9.17, 15) is 0 Å². The van der Waals surface area contributed by atoms with Crippen molar-refractivity contribution in [3.05, 3.63) is 0 Å². The second-order valence-electron chi connectivity index (χ2n) is 4.58. The van der Waals surface area contributed by atoms with E-state index >= 15 is 0 Å². The summed E-state index contributed by atoms with van der Waals surface area (Å²) in [6.45, 7) is 7.13. The monoisotopic (exact) mass is 200 g/mol. The van der Waals surface area contributed by atoms with Crippen molar-refractivity contribution in [3.63, 3.8) is 0 Å². The van der Waals surface area contributed by atoms with Crippen molar-refractivity contribution in [2.45, 2.75) is 72.1 Å². The van der Waals surface area contributed by atoms with Gasteiger partial charge in [0, 0.05) is 6.61 Å². The molecule has 0 bridgehead atoms. The van der Waals surface area contributed by atoms with Crippen LogP contribution in [0.15, 0.2) is 0 Å². The molecule has 0 rings (SSSR count). The Morgan fingerprint density at radius 3 is 1.71 bits per heavy atom. The first-order valence-corrected chi connectivity index (χ1v) is 6.35. The highest BCUT2D eigenvalue weighted by molar-refractivity contribution is 4.78. The molecule has 0 aliphatic rings. The molecule has 0 saturated heterocycles. The maximum Gasteiger partial charge on any atom is 0.0436 e. The molecule has 0 saturated carbocycles. The van der Waals surface area contributed by atoms with E-state index < -0.39 is 0 Å². The van der Waals surface area contributed by atoms with Gasteiger partial charge in [-0.15, -0.1) is 0 Å². The largest absolute Gasteiger partial charge is 0.396 e. The van der Waals surface area contributed by atoms with Crippen LogP contribution in [0.4, 0.5) is 0 Å². The summed E-state index contributed by atoms with van der Waals surface area (Å²) in [4.78, 5) is 0. The fraction of sp³-hybridized carbons (Fsp3) is 1.00. The molecule has 0 aromatic rings. The van der Waals surface area contributed by atoms with Gasteiger partial charge in [-0.3, -0.25) is 0 Å². The van der Waals surface area contributed by atoms with E-state index in [2.05, 4.69) is 20.8 Å². The molecule has 0 fully saturated rings. The summed E-state index contributed by atoms with van der Waals surface area (Å²) in [6, 6.07) is 0. The summed E-state index contributed by atoms with van der Waals surface area (Å²) in [5.74, 6) is 0. The maximum atomic E-state index is 9.15. The fourth-order valence-electron chi connectivity index (χ4n) is 2.60. The van der Waals surface area contributed by atoms with Gasteiger partial charge >= 0.3 is 0 Å². The molecule has 14 heavy (non-hydrogen) atoms. The molecule has 0 aromatic carbocycles. The van der Waals surface area contributed by atoms with Crippen LogP contribution in [-0.2, 0) is 0 Å². The predicted octanol–water partition coefficient (Wildman–Crippen LogP) is 4.15.